The van der Waals surface area contributed by atoms with Crippen LogP contribution in [0.4, 0.5) is 5.69 Å². The van der Waals surface area contributed by atoms with Crippen LogP contribution in [0.1, 0.15) is 45.9 Å². The number of hydrogen-bond donors (Lipinski definition) is 0. The van der Waals surface area contributed by atoms with Crippen molar-refractivity contribution in [3.8, 4) is 0 Å². The molecule has 0 saturated heterocycles. The minimum Gasteiger partial charge on any atom is -0.467 e. The molecule has 0 aliphatic rings. The Morgan fingerprint density at radius 2 is 1.63 bits per heavy atom. The van der Waals surface area contributed by atoms with E-state index in [2.05, 4.69) is 0 Å². The van der Waals surface area contributed by atoms with Gasteiger partial charge in [-0.2, -0.15) is 0 Å². The molecular weight excluding hydrogens is 587 g/mol. The van der Waals surface area contributed by atoms with Gasteiger partial charge in [0.2, 0.25) is 0 Å². The zero-order chi connectivity index (χ0) is 29.6. The maximum Gasteiger partial charge on any atom is 0.338 e. The number of halogens is 2. The highest BCUT2D eigenvalue weighted by atomic mass is 35.5. The molecule has 0 saturated carbocycles. The first kappa shape index (κ1) is 30.2. The molecule has 0 aliphatic heterocycles. The molecule has 1 amide bonds. The van der Waals surface area contributed by atoms with E-state index in [0.29, 0.717) is 27.6 Å². The molecular formula is C30H28Cl2N2O6S. The van der Waals surface area contributed by atoms with Crippen LogP contribution in [0.25, 0.3) is 0 Å². The molecule has 1 heterocycles. The van der Waals surface area contributed by atoms with Crippen LogP contribution in [0, 0.1) is 0 Å². The number of amides is 1. The summed E-state index contributed by atoms with van der Waals surface area (Å²) in [5, 5.41) is 0.663. The van der Waals surface area contributed by atoms with E-state index in [4.69, 9.17) is 32.4 Å². The van der Waals surface area contributed by atoms with E-state index in [9.17, 15) is 18.0 Å². The Morgan fingerprint density at radius 3 is 2.27 bits per heavy atom. The predicted molar refractivity (Wildman–Crippen MR) is 158 cm³/mol. The number of hydrogen-bond acceptors (Lipinski definition) is 6. The van der Waals surface area contributed by atoms with Crippen molar-refractivity contribution in [2.24, 2.45) is 0 Å². The number of carbonyl (C=O) groups excluding carboxylic acids is 2. The van der Waals surface area contributed by atoms with Crippen molar-refractivity contribution < 1.29 is 27.2 Å². The van der Waals surface area contributed by atoms with E-state index in [1.165, 1.54) is 39.7 Å². The first-order valence-corrected chi connectivity index (χ1v) is 15.0. The number of anilines is 1. The van der Waals surface area contributed by atoms with Gasteiger partial charge >= 0.3 is 5.97 Å². The summed E-state index contributed by atoms with van der Waals surface area (Å²) in [5.41, 5.74) is 1.39. The third kappa shape index (κ3) is 6.93. The molecule has 0 N–H and O–H groups in total. The van der Waals surface area contributed by atoms with E-state index in [1.54, 1.807) is 68.4 Å². The minimum absolute atomic E-state index is 0.00659. The van der Waals surface area contributed by atoms with E-state index >= 15 is 0 Å². The standard InChI is InChI=1S/C30H28Cl2N2O6S/c1-3-34(41(37,38)25-14-11-21(12-15-25)30(36)39-4-2)28-16-13-23(31)18-22(28)19-33(20-24-8-7-17-40-24)29(35)26-9-5-6-10-27(26)32/h5-18H,3-4,19-20H2,1-2H3. The highest BCUT2D eigenvalue weighted by Crippen LogP contribution is 2.32. The monoisotopic (exact) mass is 614 g/mol. The number of sulfonamides is 1. The summed E-state index contributed by atoms with van der Waals surface area (Å²) in [7, 11) is -4.06. The average molecular weight is 616 g/mol. The van der Waals surface area contributed by atoms with Crippen LogP contribution in [0.15, 0.2) is 94.4 Å². The summed E-state index contributed by atoms with van der Waals surface area (Å²) in [5.74, 6) is -0.363. The van der Waals surface area contributed by atoms with Gasteiger partial charge in [-0.1, -0.05) is 35.3 Å². The van der Waals surface area contributed by atoms with Crippen LogP contribution in [-0.2, 0) is 27.8 Å². The van der Waals surface area contributed by atoms with Gasteiger partial charge in [0, 0.05) is 18.1 Å². The van der Waals surface area contributed by atoms with Gasteiger partial charge in [0.25, 0.3) is 15.9 Å². The fraction of sp³-hybridized carbons (Fsp3) is 0.200. The second-order valence-corrected chi connectivity index (χ2v) is 11.6. The summed E-state index contributed by atoms with van der Waals surface area (Å²) in [6, 6.07) is 20.6. The van der Waals surface area contributed by atoms with Crippen molar-refractivity contribution in [1.82, 2.24) is 4.90 Å². The second-order valence-electron chi connectivity index (χ2n) is 8.91. The highest BCUT2D eigenvalue weighted by molar-refractivity contribution is 7.92. The normalized spacial score (nSPS) is 11.2. The molecule has 4 aromatic rings. The molecule has 1 aromatic heterocycles. The van der Waals surface area contributed by atoms with Crippen molar-refractivity contribution in [3.63, 3.8) is 0 Å². The van der Waals surface area contributed by atoms with Crippen LogP contribution in [0.3, 0.4) is 0 Å². The van der Waals surface area contributed by atoms with Crippen LogP contribution >= 0.6 is 23.2 Å². The lowest BCUT2D eigenvalue weighted by molar-refractivity contribution is 0.0526. The van der Waals surface area contributed by atoms with Crippen molar-refractivity contribution in [2.75, 3.05) is 17.5 Å². The SMILES string of the molecule is CCOC(=O)c1ccc(S(=O)(=O)N(CC)c2ccc(Cl)cc2CN(Cc2ccco2)C(=O)c2ccccc2Cl)cc1. The summed E-state index contributed by atoms with van der Waals surface area (Å²) >= 11 is 12.7. The molecule has 0 unspecified atom stereocenters. The van der Waals surface area contributed by atoms with Gasteiger partial charge in [0.15, 0.2) is 0 Å². The Kier molecular flexibility index (Phi) is 9.75. The van der Waals surface area contributed by atoms with Crippen LogP contribution in [-0.4, -0.2) is 38.3 Å². The van der Waals surface area contributed by atoms with Crippen molar-refractivity contribution >= 4 is 50.8 Å². The quantitative estimate of drug-likeness (QED) is 0.172. The van der Waals surface area contributed by atoms with Gasteiger partial charge in [-0.15, -0.1) is 0 Å². The third-order valence-corrected chi connectivity index (χ3v) is 8.70. The van der Waals surface area contributed by atoms with Crippen molar-refractivity contribution in [3.05, 3.63) is 118 Å². The summed E-state index contributed by atoms with van der Waals surface area (Å²) in [6.07, 6.45) is 1.51. The predicted octanol–water partition coefficient (Wildman–Crippen LogP) is 6.82. The first-order valence-electron chi connectivity index (χ1n) is 12.8. The van der Waals surface area contributed by atoms with Gasteiger partial charge < -0.3 is 14.1 Å². The molecule has 0 fully saturated rings. The Balaban J connectivity index is 1.72. The van der Waals surface area contributed by atoms with Gasteiger partial charge in [0.1, 0.15) is 5.76 Å². The molecule has 214 valence electrons. The minimum atomic E-state index is -4.06. The van der Waals surface area contributed by atoms with Gasteiger partial charge in [-0.3, -0.25) is 9.10 Å². The zero-order valence-corrected chi connectivity index (χ0v) is 24.7. The highest BCUT2D eigenvalue weighted by Gasteiger charge is 2.28. The topological polar surface area (TPSA) is 97.1 Å². The van der Waals surface area contributed by atoms with E-state index in [-0.39, 0.29) is 47.6 Å². The molecule has 0 atom stereocenters. The third-order valence-electron chi connectivity index (χ3n) is 6.23. The lowest BCUT2D eigenvalue weighted by atomic mass is 10.1. The van der Waals surface area contributed by atoms with Crippen LogP contribution in [0.2, 0.25) is 10.0 Å². The summed E-state index contributed by atoms with van der Waals surface area (Å²) < 4.78 is 39.4. The molecule has 0 radical (unpaired) electrons. The Morgan fingerprint density at radius 1 is 0.902 bits per heavy atom. The van der Waals surface area contributed by atoms with Gasteiger partial charge in [-0.05, 0) is 86.1 Å². The molecule has 4 rings (SSSR count). The van der Waals surface area contributed by atoms with E-state index < -0.39 is 16.0 Å². The molecule has 0 aliphatic carbocycles. The van der Waals surface area contributed by atoms with Crippen LogP contribution < -0.4 is 4.31 Å². The molecule has 0 bridgehead atoms. The maximum absolute atomic E-state index is 13.8. The second kappa shape index (κ2) is 13.2. The fourth-order valence-corrected chi connectivity index (χ4v) is 6.22. The number of benzene rings is 3. The number of nitrogens with zero attached hydrogens (tertiary/aromatic N) is 2. The Bertz CT molecular complexity index is 1620. The molecule has 3 aromatic carbocycles. The Hall–Kier alpha value is -3.79. The lowest BCUT2D eigenvalue weighted by Crippen LogP contribution is -2.34. The van der Waals surface area contributed by atoms with Crippen molar-refractivity contribution in [1.29, 1.82) is 0 Å². The molecule has 11 heteroatoms. The van der Waals surface area contributed by atoms with Gasteiger partial charge in [0.05, 0.1) is 46.1 Å². The van der Waals surface area contributed by atoms with E-state index in [1.807, 2.05) is 0 Å². The van der Waals surface area contributed by atoms with Crippen LogP contribution in [0.5, 0.6) is 0 Å². The number of esters is 1. The number of rotatable bonds is 11. The summed E-state index contributed by atoms with van der Waals surface area (Å²) in [6.45, 7) is 3.81. The molecule has 0 spiro atoms. The van der Waals surface area contributed by atoms with Crippen molar-refractivity contribution in [2.45, 2.75) is 31.8 Å². The number of furan rings is 1. The maximum atomic E-state index is 13.8. The lowest BCUT2D eigenvalue weighted by Gasteiger charge is -2.28. The largest absolute Gasteiger partial charge is 0.467 e. The van der Waals surface area contributed by atoms with Gasteiger partial charge in [-0.25, -0.2) is 13.2 Å². The number of ether oxygens (including phenoxy) is 1. The first-order chi connectivity index (χ1) is 19.6. The molecule has 8 nitrogen and oxygen atoms in total. The van der Waals surface area contributed by atoms with E-state index in [0.717, 1.165) is 0 Å². The number of carbonyl (C=O) groups is 2. The fourth-order valence-electron chi connectivity index (χ4n) is 4.30. The smallest absolute Gasteiger partial charge is 0.338 e. The molecule has 41 heavy (non-hydrogen) atoms. The summed E-state index contributed by atoms with van der Waals surface area (Å²) in [4.78, 5) is 27.2. The average Bonchev–Trinajstić information content (AvgIpc) is 3.47. The Labute approximate surface area is 249 Å². The zero-order valence-electron chi connectivity index (χ0n) is 22.4.